The molecule has 0 aromatic carbocycles. The van der Waals surface area contributed by atoms with E-state index in [9.17, 15) is 4.79 Å². The smallest absolute Gasteiger partial charge is 0.325 e. The molecule has 1 fully saturated rings. The highest BCUT2D eigenvalue weighted by atomic mass is 32.1. The van der Waals surface area contributed by atoms with Gasteiger partial charge in [0.15, 0.2) is 0 Å². The monoisotopic (exact) mass is 372 g/mol. The van der Waals surface area contributed by atoms with Crippen molar-refractivity contribution in [1.82, 2.24) is 9.80 Å². The van der Waals surface area contributed by atoms with Crippen LogP contribution in [0.15, 0.2) is 0 Å². The summed E-state index contributed by atoms with van der Waals surface area (Å²) in [4.78, 5) is 16.8. The van der Waals surface area contributed by atoms with Crippen molar-refractivity contribution in [3.63, 3.8) is 0 Å². The molecule has 25 heavy (non-hydrogen) atoms. The maximum Gasteiger partial charge on any atom is 0.325 e. The van der Waals surface area contributed by atoms with Gasteiger partial charge < -0.3 is 14.4 Å². The van der Waals surface area contributed by atoms with Gasteiger partial charge >= 0.3 is 6.03 Å². The SMILES string of the molecule is CCCCOCCCOCCCCC(C)(C)N1C(=O)N(CC)CC1=S. The second-order valence-electron chi connectivity index (χ2n) is 7.23. The van der Waals surface area contributed by atoms with Crippen molar-refractivity contribution in [1.29, 1.82) is 0 Å². The zero-order chi connectivity index (χ0) is 18.7. The Hall–Kier alpha value is -0.720. The van der Waals surface area contributed by atoms with E-state index >= 15 is 0 Å². The summed E-state index contributed by atoms with van der Waals surface area (Å²) >= 11 is 5.42. The largest absolute Gasteiger partial charge is 0.381 e. The number of hydrogen-bond donors (Lipinski definition) is 0. The minimum Gasteiger partial charge on any atom is -0.381 e. The number of likely N-dealkylation sites (N-methyl/N-ethyl adjacent to an activating group) is 1. The molecule has 1 rings (SSSR count). The molecule has 5 nitrogen and oxygen atoms in total. The van der Waals surface area contributed by atoms with Crippen LogP contribution in [-0.4, -0.2) is 65.9 Å². The molecule has 0 N–H and O–H groups in total. The van der Waals surface area contributed by atoms with Gasteiger partial charge in [0.05, 0.1) is 6.54 Å². The van der Waals surface area contributed by atoms with Gasteiger partial charge in [-0.3, -0.25) is 4.90 Å². The number of ether oxygens (including phenoxy) is 2. The maximum absolute atomic E-state index is 12.4. The highest BCUT2D eigenvalue weighted by Crippen LogP contribution is 2.27. The van der Waals surface area contributed by atoms with Crippen LogP contribution >= 0.6 is 12.2 Å². The molecule has 0 radical (unpaired) electrons. The third-order valence-corrected chi connectivity index (χ3v) is 4.88. The molecule has 0 saturated carbocycles. The van der Waals surface area contributed by atoms with Gasteiger partial charge in [-0.1, -0.05) is 25.6 Å². The van der Waals surface area contributed by atoms with Crippen LogP contribution in [0.25, 0.3) is 0 Å². The van der Waals surface area contributed by atoms with Crippen LogP contribution in [0.3, 0.4) is 0 Å². The van der Waals surface area contributed by atoms with E-state index in [0.717, 1.165) is 63.5 Å². The first-order valence-corrected chi connectivity index (χ1v) is 10.1. The van der Waals surface area contributed by atoms with Crippen LogP contribution in [0.4, 0.5) is 4.79 Å². The molecule has 1 heterocycles. The quantitative estimate of drug-likeness (QED) is 0.338. The Balaban J connectivity index is 2.12. The van der Waals surface area contributed by atoms with Gasteiger partial charge in [0.2, 0.25) is 0 Å². The lowest BCUT2D eigenvalue weighted by Crippen LogP contribution is -2.48. The summed E-state index contributed by atoms with van der Waals surface area (Å²) < 4.78 is 11.2. The van der Waals surface area contributed by atoms with E-state index in [0.29, 0.717) is 13.1 Å². The zero-order valence-corrected chi connectivity index (χ0v) is 17.3. The van der Waals surface area contributed by atoms with Crippen molar-refractivity contribution in [3.05, 3.63) is 0 Å². The van der Waals surface area contributed by atoms with Crippen LogP contribution in [0, 0.1) is 0 Å². The van der Waals surface area contributed by atoms with Gasteiger partial charge in [-0.05, 0) is 52.9 Å². The fourth-order valence-corrected chi connectivity index (χ4v) is 3.46. The second kappa shape index (κ2) is 11.8. The van der Waals surface area contributed by atoms with Crippen molar-refractivity contribution in [2.75, 3.05) is 39.5 Å². The molecule has 1 aliphatic heterocycles. The van der Waals surface area contributed by atoms with Crippen LogP contribution in [0.5, 0.6) is 0 Å². The number of rotatable bonds is 14. The summed E-state index contributed by atoms with van der Waals surface area (Å²) in [7, 11) is 0. The average Bonchev–Trinajstić information content (AvgIpc) is 2.87. The number of thiocarbonyl (C=S) groups is 1. The van der Waals surface area contributed by atoms with Gasteiger partial charge in [-0.2, -0.15) is 0 Å². The zero-order valence-electron chi connectivity index (χ0n) is 16.5. The van der Waals surface area contributed by atoms with E-state index in [1.165, 1.54) is 6.42 Å². The molecule has 0 aliphatic carbocycles. The van der Waals surface area contributed by atoms with Crippen molar-refractivity contribution >= 4 is 23.2 Å². The lowest BCUT2D eigenvalue weighted by molar-refractivity contribution is 0.0789. The molecular weight excluding hydrogens is 336 g/mol. The summed E-state index contributed by atoms with van der Waals surface area (Å²) in [6.07, 6.45) is 6.23. The molecule has 0 bridgehead atoms. The van der Waals surface area contributed by atoms with Crippen LogP contribution in [0.1, 0.15) is 66.2 Å². The number of nitrogens with zero attached hydrogens (tertiary/aromatic N) is 2. The standard InChI is InChI=1S/C19H36N2O3S/c1-5-7-12-23-14-10-15-24-13-9-8-11-19(3,4)21-17(25)16-20(6-2)18(21)22/h5-16H2,1-4H3. The Morgan fingerprint density at radius 3 is 2.16 bits per heavy atom. The van der Waals surface area contributed by atoms with Crippen molar-refractivity contribution in [3.8, 4) is 0 Å². The Bertz CT molecular complexity index is 415. The van der Waals surface area contributed by atoms with Gasteiger partial charge in [0.1, 0.15) is 4.99 Å². The molecule has 0 spiro atoms. The Kier molecular flexibility index (Phi) is 10.5. The number of unbranched alkanes of at least 4 members (excludes halogenated alkanes) is 2. The molecule has 0 aromatic rings. The van der Waals surface area contributed by atoms with Crippen molar-refractivity contribution in [2.24, 2.45) is 0 Å². The fraction of sp³-hybridized carbons (Fsp3) is 0.895. The minimum absolute atomic E-state index is 0.0526. The van der Waals surface area contributed by atoms with E-state index in [1.54, 1.807) is 9.80 Å². The normalized spacial score (nSPS) is 15.5. The Morgan fingerprint density at radius 1 is 1.00 bits per heavy atom. The third-order valence-electron chi connectivity index (χ3n) is 4.57. The van der Waals surface area contributed by atoms with E-state index in [4.69, 9.17) is 21.7 Å². The summed E-state index contributed by atoms with van der Waals surface area (Å²) in [6, 6.07) is 0.0526. The van der Waals surface area contributed by atoms with E-state index in [1.807, 2.05) is 6.92 Å². The predicted octanol–water partition coefficient (Wildman–Crippen LogP) is 4.24. The van der Waals surface area contributed by atoms with E-state index < -0.39 is 0 Å². The number of carbonyl (C=O) groups excluding carboxylic acids is 1. The first-order chi connectivity index (χ1) is 11.9. The van der Waals surface area contributed by atoms with Crippen LogP contribution < -0.4 is 0 Å². The highest BCUT2D eigenvalue weighted by Gasteiger charge is 2.41. The number of carbonyl (C=O) groups is 1. The minimum atomic E-state index is -0.231. The fourth-order valence-electron chi connectivity index (χ4n) is 2.98. The number of urea groups is 1. The van der Waals surface area contributed by atoms with Crippen molar-refractivity contribution in [2.45, 2.75) is 71.8 Å². The summed E-state index contributed by atoms with van der Waals surface area (Å²) in [5.74, 6) is 0. The van der Waals surface area contributed by atoms with E-state index in [2.05, 4.69) is 20.8 Å². The molecule has 6 heteroatoms. The summed E-state index contributed by atoms with van der Waals surface area (Å²) in [6.45, 7) is 12.8. The lowest BCUT2D eigenvalue weighted by atomic mass is 9.95. The average molecular weight is 373 g/mol. The molecule has 2 amide bonds. The number of hydrogen-bond acceptors (Lipinski definition) is 4. The van der Waals surface area contributed by atoms with E-state index in [-0.39, 0.29) is 11.6 Å². The van der Waals surface area contributed by atoms with Gasteiger partial charge in [-0.15, -0.1) is 0 Å². The van der Waals surface area contributed by atoms with Gasteiger partial charge in [0.25, 0.3) is 0 Å². The van der Waals surface area contributed by atoms with Crippen molar-refractivity contribution < 1.29 is 14.3 Å². The Morgan fingerprint density at radius 2 is 1.60 bits per heavy atom. The number of amides is 2. The molecule has 0 atom stereocenters. The maximum atomic E-state index is 12.4. The second-order valence-corrected chi connectivity index (χ2v) is 7.70. The molecule has 146 valence electrons. The lowest BCUT2D eigenvalue weighted by Gasteiger charge is -2.35. The first-order valence-electron chi connectivity index (χ1n) is 9.71. The molecule has 1 saturated heterocycles. The topological polar surface area (TPSA) is 42.0 Å². The molecular formula is C19H36N2O3S. The van der Waals surface area contributed by atoms with Gasteiger partial charge in [0, 0.05) is 38.5 Å². The summed E-state index contributed by atoms with van der Waals surface area (Å²) in [5.41, 5.74) is -0.231. The van der Waals surface area contributed by atoms with Crippen LogP contribution in [-0.2, 0) is 9.47 Å². The molecule has 0 aromatic heterocycles. The third kappa shape index (κ3) is 7.59. The predicted molar refractivity (Wildman–Crippen MR) is 106 cm³/mol. The summed E-state index contributed by atoms with van der Waals surface area (Å²) in [5, 5.41) is 0. The molecule has 1 aliphatic rings. The van der Waals surface area contributed by atoms with Crippen LogP contribution in [0.2, 0.25) is 0 Å². The highest BCUT2D eigenvalue weighted by molar-refractivity contribution is 7.80. The first kappa shape index (κ1) is 22.3. The van der Waals surface area contributed by atoms with Gasteiger partial charge in [-0.25, -0.2) is 4.79 Å². The molecule has 0 unspecified atom stereocenters. The Labute approximate surface area is 159 Å².